The molecule has 0 spiro atoms. The van der Waals surface area contributed by atoms with Crippen LogP contribution in [0, 0.1) is 6.92 Å². The summed E-state index contributed by atoms with van der Waals surface area (Å²) in [5.41, 5.74) is 1.29. The van der Waals surface area contributed by atoms with Crippen LogP contribution in [-0.2, 0) is 14.8 Å². The van der Waals surface area contributed by atoms with Crippen molar-refractivity contribution in [2.24, 2.45) is 0 Å². The van der Waals surface area contributed by atoms with Gasteiger partial charge in [-0.3, -0.25) is 9.10 Å². The van der Waals surface area contributed by atoms with Gasteiger partial charge in [-0.25, -0.2) is 8.42 Å². The summed E-state index contributed by atoms with van der Waals surface area (Å²) in [4.78, 5) is 14.6. The van der Waals surface area contributed by atoms with Crippen LogP contribution in [0.2, 0.25) is 0 Å². The van der Waals surface area contributed by atoms with Crippen molar-refractivity contribution in [2.75, 3.05) is 36.8 Å². The maximum Gasteiger partial charge on any atom is 0.243 e. The lowest BCUT2D eigenvalue weighted by Crippen LogP contribution is -2.48. The molecule has 0 radical (unpaired) electrons. The lowest BCUT2D eigenvalue weighted by Gasteiger charge is -2.32. The zero-order valence-corrected chi connectivity index (χ0v) is 17.7. The Bertz CT molecular complexity index is 977. The molecule has 8 heteroatoms. The number of hydrogen-bond acceptors (Lipinski definition) is 5. The lowest BCUT2D eigenvalue weighted by molar-refractivity contribution is -0.130. The molecule has 29 heavy (non-hydrogen) atoms. The number of nitrogens with zero attached hydrogens (tertiary/aromatic N) is 2. The summed E-state index contributed by atoms with van der Waals surface area (Å²) in [7, 11) is -3.62. The summed E-state index contributed by atoms with van der Waals surface area (Å²) in [5.74, 6) is 1.04. The van der Waals surface area contributed by atoms with E-state index in [9.17, 15) is 13.2 Å². The Morgan fingerprint density at radius 3 is 2.41 bits per heavy atom. The Labute approximate surface area is 171 Å². The van der Waals surface area contributed by atoms with Gasteiger partial charge < -0.3 is 14.4 Å². The molecule has 1 aliphatic rings. The number of sulfonamides is 1. The summed E-state index contributed by atoms with van der Waals surface area (Å²) < 4.78 is 37.5. The molecule has 3 rings (SSSR count). The van der Waals surface area contributed by atoms with E-state index in [1.807, 2.05) is 50.2 Å². The molecule has 0 bridgehead atoms. The van der Waals surface area contributed by atoms with Gasteiger partial charge in [-0.05, 0) is 37.6 Å². The molecular formula is C21H26N2O5S. The molecule has 0 N–H and O–H groups in total. The molecule has 1 amide bonds. The standard InChI is InChI=1S/C21H26N2O5S/c1-4-22(13-17-15-27-19-11-7-8-12-20(19)28-17)21(24)14-23(29(3,25)26)18-10-6-5-9-16(18)2/h5-12,17H,4,13-15H2,1-3H3/t17-/m0/s1. The first kappa shape index (κ1) is 21.0. The number of carbonyl (C=O) groups is 1. The van der Waals surface area contributed by atoms with Gasteiger partial charge in [-0.15, -0.1) is 0 Å². The van der Waals surface area contributed by atoms with Crippen LogP contribution in [0.5, 0.6) is 11.5 Å². The second-order valence-electron chi connectivity index (χ2n) is 6.99. The average molecular weight is 419 g/mol. The molecule has 2 aromatic carbocycles. The topological polar surface area (TPSA) is 76.2 Å². The normalized spacial score (nSPS) is 15.6. The molecule has 2 aromatic rings. The van der Waals surface area contributed by atoms with Crippen LogP contribution in [0.3, 0.4) is 0 Å². The number of para-hydroxylation sites is 3. The SMILES string of the molecule is CCN(C[C@H]1COc2ccccc2O1)C(=O)CN(c1ccccc1C)S(C)(=O)=O. The summed E-state index contributed by atoms with van der Waals surface area (Å²) >= 11 is 0. The highest BCUT2D eigenvalue weighted by molar-refractivity contribution is 7.92. The smallest absolute Gasteiger partial charge is 0.243 e. The summed E-state index contributed by atoms with van der Waals surface area (Å²) in [5, 5.41) is 0. The van der Waals surface area contributed by atoms with Crippen LogP contribution in [0.4, 0.5) is 5.69 Å². The molecule has 0 unspecified atom stereocenters. The van der Waals surface area contributed by atoms with Crippen LogP contribution in [-0.4, -0.2) is 57.8 Å². The van der Waals surface area contributed by atoms with Crippen molar-refractivity contribution in [3.8, 4) is 11.5 Å². The van der Waals surface area contributed by atoms with E-state index in [2.05, 4.69) is 0 Å². The highest BCUT2D eigenvalue weighted by atomic mass is 32.2. The number of anilines is 1. The predicted octanol–water partition coefficient (Wildman–Crippen LogP) is 2.45. The van der Waals surface area contributed by atoms with Gasteiger partial charge in [0.1, 0.15) is 13.2 Å². The number of aryl methyl sites for hydroxylation is 1. The molecule has 0 fully saturated rings. The molecular weight excluding hydrogens is 392 g/mol. The fourth-order valence-corrected chi connectivity index (χ4v) is 4.16. The van der Waals surface area contributed by atoms with Crippen molar-refractivity contribution in [3.05, 3.63) is 54.1 Å². The molecule has 156 valence electrons. The third-order valence-corrected chi connectivity index (χ3v) is 5.92. The first-order chi connectivity index (χ1) is 13.8. The van der Waals surface area contributed by atoms with Crippen LogP contribution in [0.25, 0.3) is 0 Å². The van der Waals surface area contributed by atoms with Crippen molar-refractivity contribution in [2.45, 2.75) is 20.0 Å². The Morgan fingerprint density at radius 2 is 1.76 bits per heavy atom. The lowest BCUT2D eigenvalue weighted by atomic mass is 10.2. The monoisotopic (exact) mass is 418 g/mol. The first-order valence-corrected chi connectivity index (χ1v) is 11.3. The maximum absolute atomic E-state index is 13.0. The number of fused-ring (bicyclic) bond motifs is 1. The van der Waals surface area contributed by atoms with E-state index in [1.165, 1.54) is 0 Å². The second kappa shape index (κ2) is 8.73. The minimum absolute atomic E-state index is 0.262. The van der Waals surface area contributed by atoms with Crippen molar-refractivity contribution in [3.63, 3.8) is 0 Å². The van der Waals surface area contributed by atoms with Gasteiger partial charge in [0.2, 0.25) is 15.9 Å². The number of carbonyl (C=O) groups excluding carboxylic acids is 1. The van der Waals surface area contributed by atoms with Crippen molar-refractivity contribution < 1.29 is 22.7 Å². The van der Waals surface area contributed by atoms with E-state index in [0.29, 0.717) is 36.9 Å². The van der Waals surface area contributed by atoms with E-state index in [0.717, 1.165) is 16.1 Å². The minimum atomic E-state index is -3.62. The van der Waals surface area contributed by atoms with Crippen molar-refractivity contribution in [1.82, 2.24) is 4.90 Å². The van der Waals surface area contributed by atoms with Crippen LogP contribution in [0.15, 0.2) is 48.5 Å². The number of likely N-dealkylation sites (N-methyl/N-ethyl adjacent to an activating group) is 1. The number of hydrogen-bond donors (Lipinski definition) is 0. The quantitative estimate of drug-likeness (QED) is 0.690. The van der Waals surface area contributed by atoms with Crippen LogP contribution < -0.4 is 13.8 Å². The van der Waals surface area contributed by atoms with Gasteiger partial charge in [0.25, 0.3) is 0 Å². The fourth-order valence-electron chi connectivity index (χ4n) is 3.25. The molecule has 7 nitrogen and oxygen atoms in total. The Morgan fingerprint density at radius 1 is 1.10 bits per heavy atom. The van der Waals surface area contributed by atoms with Crippen LogP contribution in [0.1, 0.15) is 12.5 Å². The Kier molecular flexibility index (Phi) is 6.32. The van der Waals surface area contributed by atoms with E-state index in [4.69, 9.17) is 9.47 Å². The second-order valence-corrected chi connectivity index (χ2v) is 8.89. The van der Waals surface area contributed by atoms with Gasteiger partial charge >= 0.3 is 0 Å². The molecule has 0 aliphatic carbocycles. The van der Waals surface area contributed by atoms with Gasteiger partial charge in [-0.2, -0.15) is 0 Å². The zero-order valence-electron chi connectivity index (χ0n) is 16.9. The van der Waals surface area contributed by atoms with E-state index >= 15 is 0 Å². The third kappa shape index (κ3) is 5.00. The highest BCUT2D eigenvalue weighted by Gasteiger charge is 2.28. The Balaban J connectivity index is 1.72. The van der Waals surface area contributed by atoms with E-state index < -0.39 is 10.0 Å². The van der Waals surface area contributed by atoms with E-state index in [-0.39, 0.29) is 18.6 Å². The van der Waals surface area contributed by atoms with Crippen LogP contribution >= 0.6 is 0 Å². The average Bonchev–Trinajstić information content (AvgIpc) is 2.69. The van der Waals surface area contributed by atoms with Gasteiger partial charge in [0.05, 0.1) is 18.5 Å². The minimum Gasteiger partial charge on any atom is -0.486 e. The molecule has 0 aromatic heterocycles. The number of ether oxygens (including phenoxy) is 2. The summed E-state index contributed by atoms with van der Waals surface area (Å²) in [6, 6.07) is 14.5. The fraction of sp³-hybridized carbons (Fsp3) is 0.381. The predicted molar refractivity (Wildman–Crippen MR) is 112 cm³/mol. The highest BCUT2D eigenvalue weighted by Crippen LogP contribution is 2.31. The Hall–Kier alpha value is -2.74. The molecule has 0 saturated heterocycles. The molecule has 1 heterocycles. The number of benzene rings is 2. The van der Waals surface area contributed by atoms with Crippen molar-refractivity contribution in [1.29, 1.82) is 0 Å². The molecule has 0 saturated carbocycles. The first-order valence-electron chi connectivity index (χ1n) is 9.49. The maximum atomic E-state index is 13.0. The van der Waals surface area contributed by atoms with Gasteiger partial charge in [-0.1, -0.05) is 30.3 Å². The summed E-state index contributed by atoms with van der Waals surface area (Å²) in [6.45, 7) is 4.49. The third-order valence-electron chi connectivity index (χ3n) is 4.79. The largest absolute Gasteiger partial charge is 0.486 e. The van der Waals surface area contributed by atoms with E-state index in [1.54, 1.807) is 17.0 Å². The van der Waals surface area contributed by atoms with Crippen molar-refractivity contribution >= 4 is 21.6 Å². The zero-order chi connectivity index (χ0) is 21.0. The summed E-state index contributed by atoms with van der Waals surface area (Å²) in [6.07, 6.45) is 0.789. The van der Waals surface area contributed by atoms with Gasteiger partial charge in [0, 0.05) is 6.54 Å². The number of amides is 1. The van der Waals surface area contributed by atoms with Gasteiger partial charge in [0.15, 0.2) is 17.6 Å². The molecule has 1 aliphatic heterocycles. The number of rotatable bonds is 7. The molecule has 1 atom stereocenters.